The summed E-state index contributed by atoms with van der Waals surface area (Å²) in [6.07, 6.45) is 0. The van der Waals surface area contributed by atoms with Crippen LogP contribution in [0.3, 0.4) is 0 Å². The number of nitrogens with zero attached hydrogens (tertiary/aromatic N) is 2. The zero-order valence-electron chi connectivity index (χ0n) is 11.0. The predicted octanol–water partition coefficient (Wildman–Crippen LogP) is 3.23. The number of hydrogen-bond donors (Lipinski definition) is 1. The third-order valence-corrected chi connectivity index (χ3v) is 4.65. The first-order chi connectivity index (χ1) is 9.04. The van der Waals surface area contributed by atoms with Gasteiger partial charge in [-0.2, -0.15) is 5.26 Å². The number of nitriles is 1. The molecule has 5 heteroatoms. The quantitative estimate of drug-likeness (QED) is 0.869. The molecule has 1 aromatic rings. The van der Waals surface area contributed by atoms with Crippen molar-refractivity contribution in [3.05, 3.63) is 29.3 Å². The zero-order chi connectivity index (χ0) is 14.0. The van der Waals surface area contributed by atoms with Gasteiger partial charge in [0, 0.05) is 24.1 Å². The molecule has 2 rings (SSSR count). The number of benzene rings is 1. The summed E-state index contributed by atoms with van der Waals surface area (Å²) in [7, 11) is 0. The fourth-order valence-electron chi connectivity index (χ4n) is 2.07. The Morgan fingerprint density at radius 2 is 2.32 bits per heavy atom. The minimum atomic E-state index is -0.582. The van der Waals surface area contributed by atoms with E-state index in [1.54, 1.807) is 4.90 Å². The van der Waals surface area contributed by atoms with Crippen molar-refractivity contribution in [2.75, 3.05) is 17.2 Å². The maximum atomic E-state index is 11.8. The summed E-state index contributed by atoms with van der Waals surface area (Å²) >= 11 is 3.38. The van der Waals surface area contributed by atoms with Crippen LogP contribution >= 0.6 is 15.9 Å². The number of amides is 2. The van der Waals surface area contributed by atoms with Gasteiger partial charge in [0.25, 0.3) is 0 Å². The molecule has 19 heavy (non-hydrogen) atoms. The molecule has 2 amide bonds. The summed E-state index contributed by atoms with van der Waals surface area (Å²) in [6.45, 7) is 5.14. The molecule has 1 aromatic carbocycles. The standard InChI is InChI=1S/C14H16BrN3O/c1-3-18-7-10-4-5-11(14(2,8-15)9-16)6-12(10)17-13(18)19/h4-6H,3,7-8H2,1-2H3,(H,17,19). The van der Waals surface area contributed by atoms with Gasteiger partial charge in [-0.15, -0.1) is 0 Å². The highest BCUT2D eigenvalue weighted by molar-refractivity contribution is 9.09. The molecule has 0 saturated carbocycles. The van der Waals surface area contributed by atoms with E-state index >= 15 is 0 Å². The normalized spacial score (nSPS) is 17.2. The number of urea groups is 1. The lowest BCUT2D eigenvalue weighted by molar-refractivity contribution is 0.210. The molecule has 1 N–H and O–H groups in total. The molecule has 0 aliphatic carbocycles. The number of nitrogens with one attached hydrogen (secondary N) is 1. The minimum absolute atomic E-state index is 0.0790. The van der Waals surface area contributed by atoms with Gasteiger partial charge in [-0.3, -0.25) is 0 Å². The van der Waals surface area contributed by atoms with Gasteiger partial charge in [0.05, 0.1) is 11.5 Å². The van der Waals surface area contributed by atoms with Gasteiger partial charge in [0.1, 0.15) is 0 Å². The van der Waals surface area contributed by atoms with E-state index in [4.69, 9.17) is 0 Å². The summed E-state index contributed by atoms with van der Waals surface area (Å²) in [6, 6.07) is 8.10. The molecule has 1 unspecified atom stereocenters. The van der Waals surface area contributed by atoms with Crippen LogP contribution in [0, 0.1) is 11.3 Å². The van der Waals surface area contributed by atoms with Gasteiger partial charge in [0.2, 0.25) is 0 Å². The average Bonchev–Trinajstić information content (AvgIpc) is 2.45. The van der Waals surface area contributed by atoms with Crippen molar-refractivity contribution in [2.24, 2.45) is 0 Å². The number of rotatable bonds is 3. The van der Waals surface area contributed by atoms with E-state index in [-0.39, 0.29) is 6.03 Å². The van der Waals surface area contributed by atoms with E-state index in [0.717, 1.165) is 16.8 Å². The summed E-state index contributed by atoms with van der Waals surface area (Å²) in [5.74, 6) is 0. The van der Waals surface area contributed by atoms with Crippen LogP contribution in [0.1, 0.15) is 25.0 Å². The Hall–Kier alpha value is -1.54. The Bertz CT molecular complexity index is 552. The van der Waals surface area contributed by atoms with Crippen molar-refractivity contribution in [3.63, 3.8) is 0 Å². The smallest absolute Gasteiger partial charge is 0.320 e. The Kier molecular flexibility index (Phi) is 3.81. The van der Waals surface area contributed by atoms with Crippen molar-refractivity contribution >= 4 is 27.6 Å². The monoisotopic (exact) mass is 321 g/mol. The Morgan fingerprint density at radius 3 is 2.89 bits per heavy atom. The molecule has 4 nitrogen and oxygen atoms in total. The Morgan fingerprint density at radius 1 is 1.58 bits per heavy atom. The van der Waals surface area contributed by atoms with Crippen molar-refractivity contribution in [1.29, 1.82) is 5.26 Å². The lowest BCUT2D eigenvalue weighted by Crippen LogP contribution is -2.38. The van der Waals surface area contributed by atoms with Gasteiger partial charge in [-0.05, 0) is 31.0 Å². The zero-order valence-corrected chi connectivity index (χ0v) is 12.6. The summed E-state index contributed by atoms with van der Waals surface area (Å²) in [5, 5.41) is 12.7. The summed E-state index contributed by atoms with van der Waals surface area (Å²) in [4.78, 5) is 13.6. The third-order valence-electron chi connectivity index (χ3n) is 3.53. The van der Waals surface area contributed by atoms with E-state index in [9.17, 15) is 10.1 Å². The average molecular weight is 322 g/mol. The molecule has 1 aliphatic heterocycles. The molecular formula is C14H16BrN3O. The summed E-state index contributed by atoms with van der Waals surface area (Å²) in [5.41, 5.74) is 2.23. The largest absolute Gasteiger partial charge is 0.322 e. The van der Waals surface area contributed by atoms with Crippen LogP contribution in [-0.4, -0.2) is 22.8 Å². The van der Waals surface area contributed by atoms with Gasteiger partial charge in [0.15, 0.2) is 0 Å². The van der Waals surface area contributed by atoms with Crippen LogP contribution < -0.4 is 5.32 Å². The first-order valence-corrected chi connectivity index (χ1v) is 7.32. The highest BCUT2D eigenvalue weighted by Gasteiger charge is 2.28. The molecule has 0 aromatic heterocycles. The minimum Gasteiger partial charge on any atom is -0.320 e. The van der Waals surface area contributed by atoms with Crippen LogP contribution in [0.5, 0.6) is 0 Å². The maximum Gasteiger partial charge on any atom is 0.322 e. The molecule has 0 fully saturated rings. The molecule has 1 heterocycles. The fraction of sp³-hybridized carbons (Fsp3) is 0.429. The Labute approximate surface area is 121 Å². The van der Waals surface area contributed by atoms with Crippen molar-refractivity contribution < 1.29 is 4.79 Å². The SMILES string of the molecule is CCN1Cc2ccc(C(C)(C#N)CBr)cc2NC1=O. The van der Waals surface area contributed by atoms with Crippen LogP contribution in [0.15, 0.2) is 18.2 Å². The van der Waals surface area contributed by atoms with Crippen LogP contribution in [0.4, 0.5) is 10.5 Å². The second-order valence-corrected chi connectivity index (χ2v) is 5.45. The number of anilines is 1. The van der Waals surface area contributed by atoms with E-state index in [1.165, 1.54) is 0 Å². The van der Waals surface area contributed by atoms with Crippen molar-refractivity contribution in [3.8, 4) is 6.07 Å². The number of alkyl halides is 1. The first-order valence-electron chi connectivity index (χ1n) is 6.20. The fourth-order valence-corrected chi connectivity index (χ4v) is 2.52. The maximum absolute atomic E-state index is 11.8. The predicted molar refractivity (Wildman–Crippen MR) is 78.3 cm³/mol. The van der Waals surface area contributed by atoms with Gasteiger partial charge in [-0.25, -0.2) is 4.79 Å². The van der Waals surface area contributed by atoms with Crippen LogP contribution in [-0.2, 0) is 12.0 Å². The molecule has 100 valence electrons. The molecule has 1 atom stereocenters. The number of fused-ring (bicyclic) bond motifs is 1. The molecular weight excluding hydrogens is 306 g/mol. The summed E-state index contributed by atoms with van der Waals surface area (Å²) < 4.78 is 0. The number of carbonyl (C=O) groups is 1. The number of hydrogen-bond acceptors (Lipinski definition) is 2. The molecule has 0 saturated heterocycles. The van der Waals surface area contributed by atoms with E-state index in [0.29, 0.717) is 18.4 Å². The van der Waals surface area contributed by atoms with Gasteiger partial charge >= 0.3 is 6.03 Å². The van der Waals surface area contributed by atoms with Gasteiger partial charge < -0.3 is 10.2 Å². The second-order valence-electron chi connectivity index (χ2n) is 4.89. The molecule has 1 aliphatic rings. The van der Waals surface area contributed by atoms with Crippen molar-refractivity contribution in [1.82, 2.24) is 4.90 Å². The lowest BCUT2D eigenvalue weighted by Gasteiger charge is -2.30. The second kappa shape index (κ2) is 5.22. The van der Waals surface area contributed by atoms with E-state index in [2.05, 4.69) is 27.3 Å². The van der Waals surface area contributed by atoms with Crippen LogP contribution in [0.25, 0.3) is 0 Å². The van der Waals surface area contributed by atoms with Crippen molar-refractivity contribution in [2.45, 2.75) is 25.8 Å². The molecule has 0 spiro atoms. The topological polar surface area (TPSA) is 56.1 Å². The van der Waals surface area contributed by atoms with Gasteiger partial charge in [-0.1, -0.05) is 28.1 Å². The first kappa shape index (κ1) is 13.9. The number of halogens is 1. The van der Waals surface area contributed by atoms with Crippen LogP contribution in [0.2, 0.25) is 0 Å². The molecule has 0 bridgehead atoms. The lowest BCUT2D eigenvalue weighted by atomic mass is 9.85. The molecule has 0 radical (unpaired) electrons. The number of carbonyl (C=O) groups excluding carboxylic acids is 1. The van der Waals surface area contributed by atoms with E-state index < -0.39 is 5.41 Å². The highest BCUT2D eigenvalue weighted by Crippen LogP contribution is 2.31. The Balaban J connectivity index is 2.39. The third kappa shape index (κ3) is 2.45. The highest BCUT2D eigenvalue weighted by atomic mass is 79.9. The van der Waals surface area contributed by atoms with E-state index in [1.807, 2.05) is 32.0 Å².